The smallest absolute Gasteiger partial charge is 0.193 e. The van der Waals surface area contributed by atoms with Crippen LogP contribution in [0.15, 0.2) is 52.8 Å². The van der Waals surface area contributed by atoms with E-state index in [1.807, 2.05) is 44.3 Å². The zero-order valence-electron chi connectivity index (χ0n) is 16.5. The molecule has 8 heteroatoms. The van der Waals surface area contributed by atoms with Gasteiger partial charge in [-0.05, 0) is 36.8 Å². The van der Waals surface area contributed by atoms with Gasteiger partial charge in [0.25, 0.3) is 0 Å². The summed E-state index contributed by atoms with van der Waals surface area (Å²) in [5.74, 6) is 1.08. The molecule has 0 amide bonds. The highest BCUT2D eigenvalue weighted by Gasteiger charge is 2.12. The fourth-order valence-corrected chi connectivity index (χ4v) is 4.79. The van der Waals surface area contributed by atoms with Crippen molar-refractivity contribution in [3.05, 3.63) is 58.3 Å². The molecule has 1 N–H and O–H groups in total. The van der Waals surface area contributed by atoms with Crippen LogP contribution in [0.5, 0.6) is 0 Å². The van der Waals surface area contributed by atoms with Gasteiger partial charge in [-0.25, -0.2) is 8.42 Å². The van der Waals surface area contributed by atoms with E-state index in [-0.39, 0.29) is 35.5 Å². The number of rotatable bonds is 10. The van der Waals surface area contributed by atoms with Crippen LogP contribution in [0.25, 0.3) is 0 Å². The second kappa shape index (κ2) is 13.2. The first-order valence-electron chi connectivity index (χ1n) is 9.26. The standard InChI is InChI=1S/C20H29N3O2S2.HI/c1-3-21-20(23(2)14-12-19-11-7-15-26-19)22-13-8-16-27(24,25)17-18-9-5-4-6-10-18;/h4-7,9-11,15H,3,8,12-14,16-17H2,1-2H3,(H,21,22);1H. The van der Waals surface area contributed by atoms with Gasteiger partial charge in [-0.2, -0.15) is 0 Å². The van der Waals surface area contributed by atoms with Crippen LogP contribution in [0.1, 0.15) is 23.8 Å². The van der Waals surface area contributed by atoms with E-state index >= 15 is 0 Å². The van der Waals surface area contributed by atoms with Gasteiger partial charge in [-0.3, -0.25) is 4.99 Å². The minimum Gasteiger partial charge on any atom is -0.357 e. The van der Waals surface area contributed by atoms with Crippen LogP contribution in [-0.4, -0.2) is 51.7 Å². The van der Waals surface area contributed by atoms with Crippen molar-refractivity contribution in [3.63, 3.8) is 0 Å². The number of hydrogen-bond acceptors (Lipinski definition) is 4. The van der Waals surface area contributed by atoms with Crippen molar-refractivity contribution in [2.24, 2.45) is 4.99 Å². The molecule has 0 saturated heterocycles. The maximum atomic E-state index is 12.3. The number of nitrogens with one attached hydrogen (secondary N) is 1. The molecule has 0 fully saturated rings. The highest BCUT2D eigenvalue weighted by molar-refractivity contribution is 14.0. The van der Waals surface area contributed by atoms with Crippen molar-refractivity contribution in [2.45, 2.75) is 25.5 Å². The van der Waals surface area contributed by atoms with Gasteiger partial charge in [0.15, 0.2) is 15.8 Å². The lowest BCUT2D eigenvalue weighted by atomic mass is 10.2. The molecule has 0 spiro atoms. The first kappa shape index (κ1) is 24.9. The lowest BCUT2D eigenvalue weighted by Crippen LogP contribution is -2.40. The molecule has 2 rings (SSSR count). The molecule has 28 heavy (non-hydrogen) atoms. The van der Waals surface area contributed by atoms with E-state index in [1.165, 1.54) is 4.88 Å². The third-order valence-corrected chi connectivity index (χ3v) is 6.69. The van der Waals surface area contributed by atoms with Crippen LogP contribution in [0.3, 0.4) is 0 Å². The highest BCUT2D eigenvalue weighted by atomic mass is 127. The number of likely N-dealkylation sites (N-methyl/N-ethyl adjacent to an activating group) is 1. The van der Waals surface area contributed by atoms with Gasteiger partial charge >= 0.3 is 0 Å². The Kier molecular flexibility index (Phi) is 11.7. The summed E-state index contributed by atoms with van der Waals surface area (Å²) in [5, 5.41) is 5.37. The van der Waals surface area contributed by atoms with Crippen LogP contribution < -0.4 is 5.32 Å². The third-order valence-electron chi connectivity index (χ3n) is 4.07. The summed E-state index contributed by atoms with van der Waals surface area (Å²) in [5.41, 5.74) is 0.836. The summed E-state index contributed by atoms with van der Waals surface area (Å²) in [6.45, 7) is 4.19. The third kappa shape index (κ3) is 9.38. The molecular weight excluding hydrogens is 505 g/mol. The summed E-state index contributed by atoms with van der Waals surface area (Å²) >= 11 is 1.76. The van der Waals surface area contributed by atoms with E-state index in [0.29, 0.717) is 13.0 Å². The molecule has 156 valence electrons. The fraction of sp³-hybridized carbons (Fsp3) is 0.450. The Morgan fingerprint density at radius 3 is 2.57 bits per heavy atom. The largest absolute Gasteiger partial charge is 0.357 e. The number of aliphatic imine (C=N–C) groups is 1. The number of benzene rings is 1. The molecule has 0 aliphatic heterocycles. The molecule has 0 radical (unpaired) electrons. The molecule has 5 nitrogen and oxygen atoms in total. The van der Waals surface area contributed by atoms with Crippen LogP contribution in [0, 0.1) is 0 Å². The summed E-state index contributed by atoms with van der Waals surface area (Å²) in [6.07, 6.45) is 1.51. The van der Waals surface area contributed by atoms with Gasteiger partial charge in [-0.15, -0.1) is 35.3 Å². The summed E-state index contributed by atoms with van der Waals surface area (Å²) in [6, 6.07) is 13.5. The zero-order valence-corrected chi connectivity index (χ0v) is 20.5. The van der Waals surface area contributed by atoms with E-state index in [4.69, 9.17) is 0 Å². The first-order chi connectivity index (χ1) is 13.0. The molecule has 1 heterocycles. The van der Waals surface area contributed by atoms with Crippen molar-refractivity contribution in [2.75, 3.05) is 32.4 Å². The second-order valence-corrected chi connectivity index (χ2v) is 9.63. The minimum atomic E-state index is -3.11. The van der Waals surface area contributed by atoms with Gasteiger partial charge in [-0.1, -0.05) is 36.4 Å². The Morgan fingerprint density at radius 1 is 1.18 bits per heavy atom. The van der Waals surface area contributed by atoms with Crippen molar-refractivity contribution in [1.29, 1.82) is 0 Å². The number of hydrogen-bond donors (Lipinski definition) is 1. The van der Waals surface area contributed by atoms with Gasteiger partial charge in [0.1, 0.15) is 0 Å². The zero-order chi connectivity index (χ0) is 19.5. The van der Waals surface area contributed by atoms with E-state index in [2.05, 4.69) is 32.7 Å². The summed E-state index contributed by atoms with van der Waals surface area (Å²) in [7, 11) is -1.09. The van der Waals surface area contributed by atoms with Gasteiger partial charge in [0.2, 0.25) is 0 Å². The number of guanidine groups is 1. The number of halogens is 1. The number of thiophene rings is 1. The average molecular weight is 536 g/mol. The van der Waals surface area contributed by atoms with Crippen molar-refractivity contribution >= 4 is 51.1 Å². The topological polar surface area (TPSA) is 61.8 Å². The molecule has 0 aliphatic carbocycles. The number of nitrogens with zero attached hydrogens (tertiary/aromatic N) is 2. The van der Waals surface area contributed by atoms with Crippen molar-refractivity contribution in [1.82, 2.24) is 10.2 Å². The average Bonchev–Trinajstić information content (AvgIpc) is 3.16. The van der Waals surface area contributed by atoms with Gasteiger partial charge < -0.3 is 10.2 Å². The molecule has 1 aromatic heterocycles. The highest BCUT2D eigenvalue weighted by Crippen LogP contribution is 2.10. The quantitative estimate of drug-likeness (QED) is 0.218. The minimum absolute atomic E-state index is 0. The maximum Gasteiger partial charge on any atom is 0.193 e. The lowest BCUT2D eigenvalue weighted by molar-refractivity contribution is 0.486. The van der Waals surface area contributed by atoms with Gasteiger partial charge in [0, 0.05) is 31.6 Å². The van der Waals surface area contributed by atoms with E-state index < -0.39 is 9.84 Å². The first-order valence-corrected chi connectivity index (χ1v) is 12.0. The predicted molar refractivity (Wildman–Crippen MR) is 131 cm³/mol. The monoisotopic (exact) mass is 535 g/mol. The molecule has 0 aliphatic rings. The molecule has 0 bridgehead atoms. The Balaban J connectivity index is 0.00000392. The van der Waals surface area contributed by atoms with Crippen LogP contribution in [0.2, 0.25) is 0 Å². The Bertz CT molecular complexity index is 794. The molecule has 0 saturated carbocycles. The summed E-state index contributed by atoms with van der Waals surface area (Å²) in [4.78, 5) is 8.04. The van der Waals surface area contributed by atoms with E-state index in [1.54, 1.807) is 11.3 Å². The van der Waals surface area contributed by atoms with E-state index in [9.17, 15) is 8.42 Å². The molecule has 0 atom stereocenters. The lowest BCUT2D eigenvalue weighted by Gasteiger charge is -2.21. The molecule has 2 aromatic rings. The fourth-order valence-electron chi connectivity index (χ4n) is 2.68. The van der Waals surface area contributed by atoms with Gasteiger partial charge in [0.05, 0.1) is 11.5 Å². The SMILES string of the molecule is CCNC(=NCCCS(=O)(=O)Cc1ccccc1)N(C)CCc1cccs1.I. The number of sulfone groups is 1. The maximum absolute atomic E-state index is 12.3. The van der Waals surface area contributed by atoms with Crippen LogP contribution >= 0.6 is 35.3 Å². The Labute approximate surface area is 190 Å². The van der Waals surface area contributed by atoms with Crippen LogP contribution in [0.4, 0.5) is 0 Å². The van der Waals surface area contributed by atoms with Crippen LogP contribution in [-0.2, 0) is 22.0 Å². The van der Waals surface area contributed by atoms with Crippen molar-refractivity contribution in [3.8, 4) is 0 Å². The van der Waals surface area contributed by atoms with Crippen molar-refractivity contribution < 1.29 is 8.42 Å². The predicted octanol–water partition coefficient (Wildman–Crippen LogP) is 3.81. The Hall–Kier alpha value is -1.13. The molecule has 1 aromatic carbocycles. The normalized spacial score (nSPS) is 11.7. The Morgan fingerprint density at radius 2 is 1.93 bits per heavy atom. The molecular formula is C20H30IN3O2S2. The summed E-state index contributed by atoms with van der Waals surface area (Å²) < 4.78 is 24.5. The van der Waals surface area contributed by atoms with E-state index in [0.717, 1.165) is 31.0 Å². The molecule has 0 unspecified atom stereocenters. The second-order valence-electron chi connectivity index (χ2n) is 6.42.